The summed E-state index contributed by atoms with van der Waals surface area (Å²) in [7, 11) is 0. The zero-order valence-corrected chi connectivity index (χ0v) is 16.8. The van der Waals surface area contributed by atoms with Gasteiger partial charge in [0.2, 0.25) is 5.91 Å². The third kappa shape index (κ3) is 3.65. The van der Waals surface area contributed by atoms with Crippen LogP contribution in [0.5, 0.6) is 0 Å². The van der Waals surface area contributed by atoms with E-state index in [-0.39, 0.29) is 12.1 Å². The number of carbonyl (C=O) groups is 1. The fourth-order valence-corrected chi connectivity index (χ4v) is 4.10. The van der Waals surface area contributed by atoms with Crippen molar-refractivity contribution in [3.8, 4) is 0 Å². The maximum Gasteiger partial charge on any atom is 0.419 e. The lowest BCUT2D eigenvalue weighted by Crippen LogP contribution is -2.12. The topological polar surface area (TPSA) is 48.0 Å². The van der Waals surface area contributed by atoms with E-state index in [2.05, 4.69) is 0 Å². The molecule has 2 N–H and O–H groups in total. The number of aromatic nitrogens is 1. The smallest absolute Gasteiger partial charge is 0.366 e. The van der Waals surface area contributed by atoms with Crippen LogP contribution in [0.3, 0.4) is 0 Å². The molecule has 0 atom stereocenters. The summed E-state index contributed by atoms with van der Waals surface area (Å²) in [6, 6.07) is 14.1. The van der Waals surface area contributed by atoms with Crippen molar-refractivity contribution in [1.82, 2.24) is 4.57 Å². The van der Waals surface area contributed by atoms with Gasteiger partial charge in [0.1, 0.15) is 5.82 Å². The van der Waals surface area contributed by atoms with Gasteiger partial charge in [0.15, 0.2) is 0 Å². The zero-order valence-electron chi connectivity index (χ0n) is 16.8. The number of nitrogens with zero attached hydrogens (tertiary/aromatic N) is 1. The molecule has 1 amide bonds. The number of nitrogens with two attached hydrogens (primary N) is 1. The summed E-state index contributed by atoms with van der Waals surface area (Å²) < 4.78 is 56.1. The van der Waals surface area contributed by atoms with Crippen molar-refractivity contribution >= 4 is 27.7 Å². The van der Waals surface area contributed by atoms with E-state index in [0.29, 0.717) is 22.0 Å². The minimum atomic E-state index is -4.78. The molecule has 0 saturated carbocycles. The molecule has 0 aliphatic carbocycles. The van der Waals surface area contributed by atoms with Crippen LogP contribution in [0, 0.1) is 5.82 Å². The average Bonchev–Trinajstić information content (AvgIpc) is 3.02. The van der Waals surface area contributed by atoms with Gasteiger partial charge in [-0.2, -0.15) is 13.2 Å². The first-order valence-corrected chi connectivity index (χ1v) is 9.90. The van der Waals surface area contributed by atoms with Crippen LogP contribution in [0.15, 0.2) is 54.6 Å². The van der Waals surface area contributed by atoms with Gasteiger partial charge in [0, 0.05) is 27.4 Å². The summed E-state index contributed by atoms with van der Waals surface area (Å²) in [5.41, 5.74) is 6.87. The van der Waals surface area contributed by atoms with Crippen LogP contribution in [0.25, 0.3) is 21.8 Å². The first kappa shape index (κ1) is 20.9. The number of aryl methyl sites for hydroxylation is 1. The van der Waals surface area contributed by atoms with E-state index < -0.39 is 23.5 Å². The lowest BCUT2D eigenvalue weighted by atomic mass is 10.0. The molecule has 0 saturated heterocycles. The minimum absolute atomic E-state index is 0.0843. The average molecular weight is 428 g/mol. The maximum absolute atomic E-state index is 14.8. The van der Waals surface area contributed by atoms with Gasteiger partial charge >= 0.3 is 6.18 Å². The molecule has 3 aromatic carbocycles. The number of benzene rings is 3. The fraction of sp³-hybridized carbons (Fsp3) is 0.208. The molecule has 0 spiro atoms. The van der Waals surface area contributed by atoms with Crippen molar-refractivity contribution in [1.29, 1.82) is 0 Å². The van der Waals surface area contributed by atoms with E-state index in [0.717, 1.165) is 29.9 Å². The van der Waals surface area contributed by atoms with E-state index in [4.69, 9.17) is 5.73 Å². The first-order chi connectivity index (χ1) is 14.7. The number of primary amides is 1. The molecule has 1 heterocycles. The van der Waals surface area contributed by atoms with Crippen LogP contribution in [-0.4, -0.2) is 10.5 Å². The van der Waals surface area contributed by atoms with Gasteiger partial charge in [-0.15, -0.1) is 0 Å². The molecular weight excluding hydrogens is 408 g/mol. The predicted molar refractivity (Wildman–Crippen MR) is 112 cm³/mol. The van der Waals surface area contributed by atoms with E-state index in [1.807, 2.05) is 25.1 Å². The summed E-state index contributed by atoms with van der Waals surface area (Å²) in [4.78, 5) is 12.0. The Morgan fingerprint density at radius 1 is 1.03 bits per heavy atom. The minimum Gasteiger partial charge on any atom is -0.366 e. The molecule has 160 valence electrons. The number of rotatable bonds is 5. The largest absolute Gasteiger partial charge is 0.419 e. The lowest BCUT2D eigenvalue weighted by Gasteiger charge is -2.13. The Labute approximate surface area is 176 Å². The highest BCUT2D eigenvalue weighted by Crippen LogP contribution is 2.35. The van der Waals surface area contributed by atoms with Crippen molar-refractivity contribution in [3.05, 3.63) is 82.7 Å². The van der Waals surface area contributed by atoms with Gasteiger partial charge in [-0.1, -0.05) is 43.7 Å². The number of amides is 1. The Morgan fingerprint density at radius 2 is 1.77 bits per heavy atom. The van der Waals surface area contributed by atoms with Crippen molar-refractivity contribution in [3.63, 3.8) is 0 Å². The van der Waals surface area contributed by atoms with E-state index in [1.54, 1.807) is 22.8 Å². The van der Waals surface area contributed by atoms with Gasteiger partial charge in [0.25, 0.3) is 0 Å². The molecule has 4 rings (SSSR count). The molecule has 0 bridgehead atoms. The molecular formula is C24H20F4N2O. The highest BCUT2D eigenvalue weighted by atomic mass is 19.4. The summed E-state index contributed by atoms with van der Waals surface area (Å²) in [5.74, 6) is -1.90. The summed E-state index contributed by atoms with van der Waals surface area (Å²) in [6.07, 6.45) is -3.05. The third-order valence-corrected chi connectivity index (χ3v) is 5.47. The Balaban J connectivity index is 2.00. The molecule has 1 aromatic heterocycles. The van der Waals surface area contributed by atoms with E-state index in [1.165, 1.54) is 12.1 Å². The van der Waals surface area contributed by atoms with Crippen molar-refractivity contribution in [2.45, 2.75) is 32.5 Å². The van der Waals surface area contributed by atoms with Crippen LogP contribution in [0.1, 0.15) is 40.4 Å². The van der Waals surface area contributed by atoms with Gasteiger partial charge in [-0.3, -0.25) is 4.79 Å². The Kier molecular flexibility index (Phi) is 5.21. The summed E-state index contributed by atoms with van der Waals surface area (Å²) >= 11 is 0. The molecule has 7 heteroatoms. The molecule has 0 unspecified atom stereocenters. The molecule has 0 aliphatic rings. The zero-order chi connectivity index (χ0) is 22.3. The molecule has 0 aliphatic heterocycles. The normalized spacial score (nSPS) is 12.0. The molecule has 31 heavy (non-hydrogen) atoms. The van der Waals surface area contributed by atoms with E-state index >= 15 is 0 Å². The second kappa shape index (κ2) is 7.72. The van der Waals surface area contributed by atoms with Crippen molar-refractivity contribution < 1.29 is 22.4 Å². The molecule has 3 nitrogen and oxygen atoms in total. The van der Waals surface area contributed by atoms with Gasteiger partial charge in [0.05, 0.1) is 17.6 Å². The standard InChI is InChI=1S/C24H20F4N2O/c1-2-5-14-10-11-16-20(12-14)30(19-9-4-7-17(21(16)19)23(29)31)13-15-6-3-8-18(22(15)25)24(26,27)28/h3-4,6-12H,2,5,13H2,1H3,(H2,29,31). The maximum atomic E-state index is 14.8. The number of halogens is 4. The van der Waals surface area contributed by atoms with Gasteiger partial charge in [-0.25, -0.2) is 4.39 Å². The van der Waals surface area contributed by atoms with Crippen LogP contribution < -0.4 is 5.73 Å². The fourth-order valence-electron chi connectivity index (χ4n) is 4.10. The van der Waals surface area contributed by atoms with Crippen LogP contribution in [-0.2, 0) is 19.1 Å². The van der Waals surface area contributed by atoms with Crippen LogP contribution in [0.2, 0.25) is 0 Å². The Morgan fingerprint density at radius 3 is 2.45 bits per heavy atom. The second-order valence-corrected chi connectivity index (χ2v) is 7.53. The highest BCUT2D eigenvalue weighted by molar-refractivity contribution is 6.18. The first-order valence-electron chi connectivity index (χ1n) is 9.90. The molecule has 4 aromatic rings. The van der Waals surface area contributed by atoms with E-state index in [9.17, 15) is 22.4 Å². The lowest BCUT2D eigenvalue weighted by molar-refractivity contribution is -0.140. The van der Waals surface area contributed by atoms with Crippen LogP contribution in [0.4, 0.5) is 17.6 Å². The number of hydrogen-bond donors (Lipinski definition) is 1. The number of alkyl halides is 3. The monoisotopic (exact) mass is 428 g/mol. The number of hydrogen-bond acceptors (Lipinski definition) is 1. The SMILES string of the molecule is CCCc1ccc2c3c(C(N)=O)cccc3n(Cc3cccc(C(F)(F)F)c3F)c2c1. The van der Waals surface area contributed by atoms with Gasteiger partial charge in [-0.05, 0) is 36.2 Å². The summed E-state index contributed by atoms with van der Waals surface area (Å²) in [6.45, 7) is 1.93. The molecule has 0 radical (unpaired) electrons. The van der Waals surface area contributed by atoms with Crippen molar-refractivity contribution in [2.24, 2.45) is 5.73 Å². The van der Waals surface area contributed by atoms with Gasteiger partial charge < -0.3 is 10.3 Å². The third-order valence-electron chi connectivity index (χ3n) is 5.47. The Hall–Kier alpha value is -3.35. The summed E-state index contributed by atoms with van der Waals surface area (Å²) in [5, 5.41) is 1.36. The second-order valence-electron chi connectivity index (χ2n) is 7.53. The Bertz CT molecular complexity index is 1300. The number of carbonyl (C=O) groups excluding carboxylic acids is 1. The number of fused-ring (bicyclic) bond motifs is 3. The molecule has 0 fully saturated rings. The highest BCUT2D eigenvalue weighted by Gasteiger charge is 2.34. The van der Waals surface area contributed by atoms with Crippen molar-refractivity contribution in [2.75, 3.05) is 0 Å². The predicted octanol–water partition coefficient (Wildman–Crippen LogP) is 6.05. The van der Waals surface area contributed by atoms with Crippen LogP contribution >= 0.6 is 0 Å². The quantitative estimate of drug-likeness (QED) is 0.387.